The fourth-order valence-electron chi connectivity index (χ4n) is 6.09. The van der Waals surface area contributed by atoms with Crippen LogP contribution in [0.25, 0.3) is 60.4 Å². The molecule has 0 spiro atoms. The number of furan rings is 1. The molecule has 0 amide bonds. The first-order valence-corrected chi connectivity index (χ1v) is 13.2. The molecule has 2 heterocycles. The lowest BCUT2D eigenvalue weighted by molar-refractivity contribution is 0.649. The van der Waals surface area contributed by atoms with Gasteiger partial charge in [0.2, 0.25) is 0 Å². The second-order valence-corrected chi connectivity index (χ2v) is 10.1. The number of para-hydroxylation sites is 3. The molecule has 1 unspecified atom stereocenters. The zero-order chi connectivity index (χ0) is 25.1. The van der Waals surface area contributed by atoms with E-state index in [2.05, 4.69) is 126 Å². The molecule has 1 atom stereocenters. The van der Waals surface area contributed by atoms with E-state index in [1.165, 1.54) is 44.1 Å². The highest BCUT2D eigenvalue weighted by Gasteiger charge is 2.18. The normalized spacial score (nSPS) is 15.6. The van der Waals surface area contributed by atoms with Crippen LogP contribution in [-0.4, -0.2) is 4.57 Å². The lowest BCUT2D eigenvalue weighted by atomic mass is 9.95. The minimum Gasteiger partial charge on any atom is -0.456 e. The van der Waals surface area contributed by atoms with Crippen LogP contribution >= 0.6 is 0 Å². The van der Waals surface area contributed by atoms with Crippen molar-refractivity contribution in [3.63, 3.8) is 0 Å². The quantitative estimate of drug-likeness (QED) is 0.242. The van der Waals surface area contributed by atoms with Crippen molar-refractivity contribution in [2.75, 3.05) is 0 Å². The summed E-state index contributed by atoms with van der Waals surface area (Å²) in [5.41, 5.74) is 9.41. The zero-order valence-electron chi connectivity index (χ0n) is 20.8. The lowest BCUT2D eigenvalue weighted by Crippen LogP contribution is -2.07. The maximum atomic E-state index is 6.01. The number of fused-ring (bicyclic) bond motifs is 6. The summed E-state index contributed by atoms with van der Waals surface area (Å²) in [4.78, 5) is 0. The van der Waals surface area contributed by atoms with Crippen molar-refractivity contribution in [2.45, 2.75) is 12.5 Å². The van der Waals surface area contributed by atoms with Crippen LogP contribution in [0.5, 0.6) is 0 Å². The molecular weight excluding hydrogens is 462 g/mol. The molecule has 180 valence electrons. The first kappa shape index (κ1) is 21.3. The van der Waals surface area contributed by atoms with E-state index < -0.39 is 0 Å². The SMILES string of the molecule is C1=CC(n2c3ccccc3c3ccccc32)CC=C1c1ccc(-c2ccc3oc4ccccc4c3c2)cc1. The average Bonchev–Trinajstić information content (AvgIpc) is 3.53. The van der Waals surface area contributed by atoms with Crippen molar-refractivity contribution >= 4 is 49.3 Å². The Kier molecular flexibility index (Phi) is 4.68. The predicted molar refractivity (Wildman–Crippen MR) is 159 cm³/mol. The summed E-state index contributed by atoms with van der Waals surface area (Å²) in [6.07, 6.45) is 8.00. The van der Waals surface area contributed by atoms with E-state index in [1.54, 1.807) is 0 Å². The zero-order valence-corrected chi connectivity index (χ0v) is 20.8. The largest absolute Gasteiger partial charge is 0.456 e. The smallest absolute Gasteiger partial charge is 0.135 e. The molecule has 5 aromatic carbocycles. The third-order valence-electron chi connectivity index (χ3n) is 7.95. The Hall–Kier alpha value is -4.82. The van der Waals surface area contributed by atoms with Crippen molar-refractivity contribution in [1.82, 2.24) is 4.57 Å². The lowest BCUT2D eigenvalue weighted by Gasteiger charge is -2.21. The van der Waals surface area contributed by atoms with E-state index in [0.29, 0.717) is 6.04 Å². The Labute approximate surface area is 220 Å². The first-order valence-electron chi connectivity index (χ1n) is 13.2. The van der Waals surface area contributed by atoms with Gasteiger partial charge in [-0.1, -0.05) is 103 Å². The monoisotopic (exact) mass is 487 g/mol. The predicted octanol–water partition coefficient (Wildman–Crippen LogP) is 9.95. The molecule has 0 saturated heterocycles. The van der Waals surface area contributed by atoms with Crippen molar-refractivity contribution in [1.29, 1.82) is 0 Å². The van der Waals surface area contributed by atoms with E-state index in [1.807, 2.05) is 12.1 Å². The van der Waals surface area contributed by atoms with Crippen LogP contribution in [0.1, 0.15) is 18.0 Å². The summed E-state index contributed by atoms with van der Waals surface area (Å²) in [5, 5.41) is 4.97. The van der Waals surface area contributed by atoms with Gasteiger partial charge in [-0.3, -0.25) is 0 Å². The second kappa shape index (κ2) is 8.36. The molecule has 0 aliphatic heterocycles. The molecule has 0 radical (unpaired) electrons. The molecule has 0 bridgehead atoms. The standard InChI is InChI=1S/C36H25NO/c1-4-10-33-29(7-1)30-8-2-5-11-34(30)37(33)28-20-17-25(18-21-28)24-13-15-26(16-14-24)27-19-22-36-32(23-27)31-9-3-6-12-35(31)38-36/h1-20,22-23,28H,21H2. The molecule has 2 aromatic heterocycles. The van der Waals surface area contributed by atoms with Gasteiger partial charge >= 0.3 is 0 Å². The summed E-state index contributed by atoms with van der Waals surface area (Å²) in [6.45, 7) is 0. The van der Waals surface area contributed by atoms with Crippen molar-refractivity contribution < 1.29 is 4.42 Å². The number of aromatic nitrogens is 1. The van der Waals surface area contributed by atoms with E-state index in [-0.39, 0.29) is 0 Å². The number of nitrogens with zero attached hydrogens (tertiary/aromatic N) is 1. The summed E-state index contributed by atoms with van der Waals surface area (Å²) < 4.78 is 8.50. The Balaban J connectivity index is 1.09. The van der Waals surface area contributed by atoms with Crippen molar-refractivity contribution in [3.05, 3.63) is 139 Å². The summed E-state index contributed by atoms with van der Waals surface area (Å²) in [5.74, 6) is 0. The highest BCUT2D eigenvalue weighted by molar-refractivity contribution is 6.08. The topological polar surface area (TPSA) is 18.1 Å². The molecule has 7 aromatic rings. The minimum absolute atomic E-state index is 0.305. The Bertz CT molecular complexity index is 2000. The van der Waals surface area contributed by atoms with Gasteiger partial charge in [0, 0.05) is 32.6 Å². The van der Waals surface area contributed by atoms with Gasteiger partial charge < -0.3 is 8.98 Å². The van der Waals surface area contributed by atoms with E-state index in [4.69, 9.17) is 4.42 Å². The van der Waals surface area contributed by atoms with Crippen molar-refractivity contribution in [2.24, 2.45) is 0 Å². The number of benzene rings is 5. The first-order chi connectivity index (χ1) is 18.8. The average molecular weight is 488 g/mol. The molecule has 0 saturated carbocycles. The van der Waals surface area contributed by atoms with Gasteiger partial charge in [0.05, 0.1) is 6.04 Å². The van der Waals surface area contributed by atoms with Crippen molar-refractivity contribution in [3.8, 4) is 11.1 Å². The van der Waals surface area contributed by atoms with Crippen LogP contribution in [-0.2, 0) is 0 Å². The van der Waals surface area contributed by atoms with Gasteiger partial charge in [0.1, 0.15) is 11.2 Å². The van der Waals surface area contributed by atoms with E-state index >= 15 is 0 Å². The second-order valence-electron chi connectivity index (χ2n) is 10.1. The van der Waals surface area contributed by atoms with Gasteiger partial charge in [-0.15, -0.1) is 0 Å². The highest BCUT2D eigenvalue weighted by atomic mass is 16.3. The molecule has 1 aliphatic carbocycles. The summed E-state index contributed by atoms with van der Waals surface area (Å²) >= 11 is 0. The summed E-state index contributed by atoms with van der Waals surface area (Å²) in [6, 6.07) is 41.4. The fraction of sp³-hybridized carbons (Fsp3) is 0.0556. The third kappa shape index (κ3) is 3.27. The van der Waals surface area contributed by atoms with Gasteiger partial charge in [0.25, 0.3) is 0 Å². The Morgan fingerprint density at radius 3 is 1.87 bits per heavy atom. The number of hydrogen-bond donors (Lipinski definition) is 0. The molecule has 1 aliphatic rings. The van der Waals surface area contributed by atoms with Crippen LogP contribution in [0.15, 0.2) is 138 Å². The molecule has 38 heavy (non-hydrogen) atoms. The molecule has 8 rings (SSSR count). The van der Waals surface area contributed by atoms with Gasteiger partial charge in [-0.25, -0.2) is 0 Å². The highest BCUT2D eigenvalue weighted by Crippen LogP contribution is 2.37. The molecule has 0 N–H and O–H groups in total. The van der Waals surface area contributed by atoms with Crippen LogP contribution in [0.2, 0.25) is 0 Å². The Morgan fingerprint density at radius 1 is 0.553 bits per heavy atom. The number of hydrogen-bond acceptors (Lipinski definition) is 1. The Morgan fingerprint density at radius 2 is 1.16 bits per heavy atom. The molecule has 2 heteroatoms. The van der Waals surface area contributed by atoms with Gasteiger partial charge in [0.15, 0.2) is 0 Å². The maximum absolute atomic E-state index is 6.01. The maximum Gasteiger partial charge on any atom is 0.135 e. The van der Waals surface area contributed by atoms with Crippen LogP contribution in [0, 0.1) is 0 Å². The number of rotatable bonds is 3. The molecule has 2 nitrogen and oxygen atoms in total. The molecule has 0 fully saturated rings. The van der Waals surface area contributed by atoms with Crippen LogP contribution in [0.4, 0.5) is 0 Å². The van der Waals surface area contributed by atoms with E-state index in [9.17, 15) is 0 Å². The van der Waals surface area contributed by atoms with Crippen LogP contribution < -0.4 is 0 Å². The molecular formula is C36H25NO. The third-order valence-corrected chi connectivity index (χ3v) is 7.95. The summed E-state index contributed by atoms with van der Waals surface area (Å²) in [7, 11) is 0. The fourth-order valence-corrected chi connectivity index (χ4v) is 6.09. The number of allylic oxidation sites excluding steroid dienone is 4. The van der Waals surface area contributed by atoms with E-state index in [0.717, 1.165) is 28.4 Å². The minimum atomic E-state index is 0.305. The van der Waals surface area contributed by atoms with Gasteiger partial charge in [-0.05, 0) is 59.0 Å². The van der Waals surface area contributed by atoms with Crippen LogP contribution in [0.3, 0.4) is 0 Å². The van der Waals surface area contributed by atoms with Gasteiger partial charge in [-0.2, -0.15) is 0 Å².